The van der Waals surface area contributed by atoms with Gasteiger partial charge >= 0.3 is 0 Å². The highest BCUT2D eigenvalue weighted by Crippen LogP contribution is 2.37. The summed E-state index contributed by atoms with van der Waals surface area (Å²) in [6, 6.07) is 4.87. The number of aromatic amines is 1. The van der Waals surface area contributed by atoms with Gasteiger partial charge in [0, 0.05) is 49.5 Å². The molecule has 1 saturated heterocycles. The van der Waals surface area contributed by atoms with Crippen molar-refractivity contribution in [1.82, 2.24) is 19.6 Å². The number of amides is 1. The number of carbonyl (C=O) groups is 2. The number of carbonyl (C=O) groups excluding carboxylic acids is 2. The molecular formula is C19H21N5O4S. The highest BCUT2D eigenvalue weighted by molar-refractivity contribution is 7.89. The molecule has 2 atom stereocenters. The van der Waals surface area contributed by atoms with Gasteiger partial charge in [0.1, 0.15) is 11.7 Å². The van der Waals surface area contributed by atoms with Crippen LogP contribution in [-0.2, 0) is 21.2 Å². The van der Waals surface area contributed by atoms with Crippen molar-refractivity contribution >= 4 is 27.9 Å². The Morgan fingerprint density at radius 1 is 1.31 bits per heavy atom. The van der Waals surface area contributed by atoms with Crippen molar-refractivity contribution in [2.75, 3.05) is 6.54 Å². The van der Waals surface area contributed by atoms with Crippen LogP contribution < -0.4 is 5.32 Å². The Bertz CT molecular complexity index is 1060. The average molecular weight is 415 g/mol. The maximum Gasteiger partial charge on any atom is 0.245 e. The number of ketones is 1. The topological polar surface area (TPSA) is 125 Å². The molecule has 2 aromatic rings. The van der Waals surface area contributed by atoms with Gasteiger partial charge in [0.25, 0.3) is 0 Å². The number of benzene rings is 1. The van der Waals surface area contributed by atoms with E-state index in [0.717, 1.165) is 0 Å². The van der Waals surface area contributed by atoms with E-state index in [-0.39, 0.29) is 23.0 Å². The number of hydrogen-bond donors (Lipinski definition) is 2. The molecule has 1 aromatic heterocycles. The van der Waals surface area contributed by atoms with Gasteiger partial charge in [-0.15, -0.1) is 0 Å². The van der Waals surface area contributed by atoms with E-state index >= 15 is 0 Å². The first kappa shape index (κ1) is 19.5. The molecule has 2 N–H and O–H groups in total. The van der Waals surface area contributed by atoms with Crippen LogP contribution in [0.2, 0.25) is 0 Å². The van der Waals surface area contributed by atoms with Crippen molar-refractivity contribution < 1.29 is 18.0 Å². The van der Waals surface area contributed by atoms with Crippen LogP contribution in [0, 0.1) is 0 Å². The van der Waals surface area contributed by atoms with Gasteiger partial charge in [-0.1, -0.05) is 12.1 Å². The number of nitrogens with zero attached hydrogens (tertiary/aromatic N) is 3. The summed E-state index contributed by atoms with van der Waals surface area (Å²) in [6.45, 7) is 1.84. The number of Topliss-reactive ketones (excluding diaryl/α,β-unsaturated/α-hetero) is 1. The molecular weight excluding hydrogens is 394 g/mol. The summed E-state index contributed by atoms with van der Waals surface area (Å²) in [7, 11) is -4.03. The summed E-state index contributed by atoms with van der Waals surface area (Å²) in [6.07, 6.45) is 5.58. The van der Waals surface area contributed by atoms with Crippen LogP contribution in [0.3, 0.4) is 0 Å². The van der Waals surface area contributed by atoms with Gasteiger partial charge in [-0.05, 0) is 19.1 Å². The molecule has 152 valence electrons. The Balaban J connectivity index is 1.78. The molecule has 3 heterocycles. The first-order valence-corrected chi connectivity index (χ1v) is 10.7. The molecule has 0 saturated carbocycles. The standard InChI is InChI=1S/C19H21N5O4S/c1-13(25)14-2-4-16(5-3-14)29(27,28)24-17(10-15-11-21-12-22-15)18(26)23-19(24)6-8-20-9-7-19/h2-5,8,11-12,17H,6-7,9-10H2,1H3,(H,21,22)(H,23,26). The predicted octanol–water partition coefficient (Wildman–Crippen LogP) is 0.905. The lowest BCUT2D eigenvalue weighted by molar-refractivity contribution is -0.121. The van der Waals surface area contributed by atoms with Gasteiger partial charge < -0.3 is 10.3 Å². The van der Waals surface area contributed by atoms with E-state index in [2.05, 4.69) is 20.3 Å². The molecule has 29 heavy (non-hydrogen) atoms. The maximum absolute atomic E-state index is 13.7. The average Bonchev–Trinajstić information content (AvgIpc) is 3.29. The van der Waals surface area contributed by atoms with Crippen LogP contribution >= 0.6 is 0 Å². The van der Waals surface area contributed by atoms with Gasteiger partial charge in [0.05, 0.1) is 11.2 Å². The first-order valence-electron chi connectivity index (χ1n) is 9.27. The maximum atomic E-state index is 13.7. The lowest BCUT2D eigenvalue weighted by Gasteiger charge is -2.39. The second kappa shape index (κ2) is 7.20. The van der Waals surface area contributed by atoms with Gasteiger partial charge in [0.15, 0.2) is 5.78 Å². The smallest absolute Gasteiger partial charge is 0.245 e. The fourth-order valence-electron chi connectivity index (χ4n) is 3.90. The number of aromatic nitrogens is 2. The van der Waals surface area contributed by atoms with Crippen LogP contribution in [0.5, 0.6) is 0 Å². The van der Waals surface area contributed by atoms with E-state index < -0.39 is 21.7 Å². The number of rotatable bonds is 5. The summed E-state index contributed by atoms with van der Waals surface area (Å²) in [5, 5.41) is 2.92. The molecule has 0 bridgehead atoms. The summed E-state index contributed by atoms with van der Waals surface area (Å²) >= 11 is 0. The largest absolute Gasteiger partial charge is 0.348 e. The zero-order valence-corrected chi connectivity index (χ0v) is 16.6. The molecule has 2 aliphatic rings. The number of hydrogen-bond acceptors (Lipinski definition) is 6. The number of imidazole rings is 1. The SMILES string of the molecule is CC(=O)c1ccc(S(=O)(=O)N2C(Cc3cnc[nH]3)C(=O)NC23CC=NCC3)cc1. The molecule has 2 aliphatic heterocycles. The molecule has 9 nitrogen and oxygen atoms in total. The Labute approximate surface area is 168 Å². The summed E-state index contributed by atoms with van der Waals surface area (Å²) < 4.78 is 28.6. The van der Waals surface area contributed by atoms with Crippen LogP contribution in [0.4, 0.5) is 0 Å². The fraction of sp³-hybridized carbons (Fsp3) is 0.368. The van der Waals surface area contributed by atoms with Crippen LogP contribution in [0.15, 0.2) is 46.7 Å². The predicted molar refractivity (Wildman–Crippen MR) is 105 cm³/mol. The Morgan fingerprint density at radius 3 is 2.66 bits per heavy atom. The van der Waals surface area contributed by atoms with Gasteiger partial charge in [-0.25, -0.2) is 13.4 Å². The Kier molecular flexibility index (Phi) is 4.83. The van der Waals surface area contributed by atoms with E-state index in [1.807, 2.05) is 0 Å². The van der Waals surface area contributed by atoms with Crippen LogP contribution in [-0.4, -0.2) is 58.8 Å². The second-order valence-electron chi connectivity index (χ2n) is 7.24. The number of sulfonamides is 1. The molecule has 1 amide bonds. The lowest BCUT2D eigenvalue weighted by Crippen LogP contribution is -2.57. The van der Waals surface area contributed by atoms with Crippen LogP contribution in [0.25, 0.3) is 0 Å². The summed E-state index contributed by atoms with van der Waals surface area (Å²) in [5.74, 6) is -0.497. The second-order valence-corrected chi connectivity index (χ2v) is 9.06. The normalized spacial score (nSPS) is 24.7. The summed E-state index contributed by atoms with van der Waals surface area (Å²) in [5.41, 5.74) is 0.0358. The highest BCUT2D eigenvalue weighted by Gasteiger charge is 2.56. The zero-order chi connectivity index (χ0) is 20.6. The lowest BCUT2D eigenvalue weighted by atomic mass is 10.0. The van der Waals surface area contributed by atoms with Crippen molar-refractivity contribution in [1.29, 1.82) is 0 Å². The van der Waals surface area contributed by atoms with Crippen molar-refractivity contribution in [2.45, 2.75) is 42.8 Å². The molecule has 1 fully saturated rings. The Morgan fingerprint density at radius 2 is 2.07 bits per heavy atom. The molecule has 10 heteroatoms. The van der Waals surface area contributed by atoms with Gasteiger partial charge in [-0.3, -0.25) is 14.6 Å². The number of H-pyrrole nitrogens is 1. The molecule has 2 unspecified atom stereocenters. The fourth-order valence-corrected chi connectivity index (χ4v) is 5.78. The van der Waals surface area contributed by atoms with E-state index in [1.54, 1.807) is 12.4 Å². The number of nitrogens with one attached hydrogen (secondary N) is 2. The molecule has 0 radical (unpaired) electrons. The molecule has 0 aliphatic carbocycles. The third-order valence-corrected chi connectivity index (χ3v) is 7.35. The third kappa shape index (κ3) is 3.38. The van der Waals surface area contributed by atoms with Crippen molar-refractivity contribution in [3.63, 3.8) is 0 Å². The molecule has 4 rings (SSSR count). The van der Waals surface area contributed by atoms with Gasteiger partial charge in [0.2, 0.25) is 15.9 Å². The highest BCUT2D eigenvalue weighted by atomic mass is 32.2. The summed E-state index contributed by atoms with van der Waals surface area (Å²) in [4.78, 5) is 35.5. The van der Waals surface area contributed by atoms with Crippen molar-refractivity contribution in [2.24, 2.45) is 4.99 Å². The minimum Gasteiger partial charge on any atom is -0.348 e. The third-order valence-electron chi connectivity index (χ3n) is 5.36. The number of aliphatic imine (C=N–C) groups is 1. The zero-order valence-electron chi connectivity index (χ0n) is 15.8. The van der Waals surface area contributed by atoms with Crippen LogP contribution in [0.1, 0.15) is 35.8 Å². The van der Waals surface area contributed by atoms with E-state index in [9.17, 15) is 18.0 Å². The molecule has 1 aromatic carbocycles. The minimum absolute atomic E-state index is 0.0375. The van der Waals surface area contributed by atoms with E-state index in [0.29, 0.717) is 30.6 Å². The minimum atomic E-state index is -4.03. The van der Waals surface area contributed by atoms with Crippen molar-refractivity contribution in [3.8, 4) is 0 Å². The monoisotopic (exact) mass is 415 g/mol. The van der Waals surface area contributed by atoms with E-state index in [4.69, 9.17) is 0 Å². The van der Waals surface area contributed by atoms with Gasteiger partial charge in [-0.2, -0.15) is 4.31 Å². The quantitative estimate of drug-likeness (QED) is 0.702. The first-order chi connectivity index (χ1) is 13.8. The molecule has 1 spiro atoms. The van der Waals surface area contributed by atoms with Crippen molar-refractivity contribution in [3.05, 3.63) is 48.0 Å². The van der Waals surface area contributed by atoms with E-state index in [1.165, 1.54) is 41.8 Å². The Hall–Kier alpha value is -2.85.